The number of rotatable bonds is 9. The van der Waals surface area contributed by atoms with Gasteiger partial charge in [0, 0.05) is 25.2 Å². The van der Waals surface area contributed by atoms with Gasteiger partial charge in [-0.1, -0.05) is 110 Å². The van der Waals surface area contributed by atoms with E-state index >= 15 is 0 Å². The summed E-state index contributed by atoms with van der Waals surface area (Å²) < 4.78 is 0. The Balaban J connectivity index is 2.12. The first kappa shape index (κ1) is 24.4. The van der Waals surface area contributed by atoms with Crippen LogP contribution in [0.5, 0.6) is 0 Å². The minimum atomic E-state index is -2.68. The highest BCUT2D eigenvalue weighted by atomic mass is 28.3. The lowest BCUT2D eigenvalue weighted by Crippen LogP contribution is -2.71. The topological polar surface area (TPSA) is 78.1 Å². The van der Waals surface area contributed by atoms with Crippen molar-refractivity contribution in [3.63, 3.8) is 0 Å². The predicted molar refractivity (Wildman–Crippen MR) is 148 cm³/mol. The van der Waals surface area contributed by atoms with Gasteiger partial charge < -0.3 is 17.2 Å². The van der Waals surface area contributed by atoms with E-state index in [1.54, 1.807) is 0 Å². The molecule has 0 saturated heterocycles. The van der Waals surface area contributed by atoms with E-state index in [0.29, 0.717) is 25.6 Å². The van der Waals surface area contributed by atoms with E-state index in [-0.39, 0.29) is 0 Å². The average Bonchev–Trinajstić information content (AvgIpc) is 3.39. The third kappa shape index (κ3) is 4.35. The molecular weight excluding hydrogens is 430 g/mol. The van der Waals surface area contributed by atoms with Crippen LogP contribution >= 0.6 is 0 Å². The number of benzene rings is 3. The van der Waals surface area contributed by atoms with Crippen molar-refractivity contribution < 1.29 is 0 Å². The van der Waals surface area contributed by atoms with Crippen LogP contribution in [0.1, 0.15) is 37.0 Å². The molecule has 4 heteroatoms. The zero-order valence-electron chi connectivity index (χ0n) is 20.3. The van der Waals surface area contributed by atoms with Crippen molar-refractivity contribution in [1.29, 1.82) is 0 Å². The van der Waals surface area contributed by atoms with Gasteiger partial charge in [0.15, 0.2) is 8.07 Å². The van der Waals surface area contributed by atoms with Crippen LogP contribution in [-0.4, -0.2) is 8.07 Å². The summed E-state index contributed by atoms with van der Waals surface area (Å²) in [6, 6.07) is 26.7. The highest BCUT2D eigenvalue weighted by Gasteiger charge is 2.49. The molecule has 0 saturated carbocycles. The first-order valence-corrected chi connectivity index (χ1v) is 14.2. The molecule has 3 aromatic carbocycles. The van der Waals surface area contributed by atoms with Gasteiger partial charge in [-0.2, -0.15) is 0 Å². The monoisotopic (exact) mass is 466 g/mol. The third-order valence-corrected chi connectivity index (χ3v) is 12.0. The standard InChI is InChI=1S/C30H36N3Si/c1-3-22(2)29-14-7-15-30(29)34(26-11-4-8-23(16-26)19-31,27-12-5-9-24(17-27)20-32)28-13-6-10-25(18-28)21-33/h4-18,22H,3,19-21,31-33H2,1-2H3. The second-order valence-electron chi connectivity index (χ2n) is 9.17. The minimum Gasteiger partial charge on any atom is -0.326 e. The van der Waals surface area contributed by atoms with Gasteiger partial charge in [0.05, 0.1) is 0 Å². The van der Waals surface area contributed by atoms with Crippen molar-refractivity contribution in [3.8, 4) is 0 Å². The maximum absolute atomic E-state index is 6.13. The van der Waals surface area contributed by atoms with Crippen LogP contribution in [-0.2, 0) is 19.6 Å². The summed E-state index contributed by atoms with van der Waals surface area (Å²) in [7, 11) is -2.68. The normalized spacial score (nSPS) is 14.9. The summed E-state index contributed by atoms with van der Waals surface area (Å²) in [5.41, 5.74) is 24.7. The quantitative estimate of drug-likeness (QED) is 0.335. The Morgan fingerprint density at radius 1 is 0.706 bits per heavy atom. The smallest absolute Gasteiger partial charge is 0.163 e. The molecule has 4 rings (SSSR count). The number of hydrogen-bond acceptors (Lipinski definition) is 3. The van der Waals surface area contributed by atoms with Gasteiger partial charge in [-0.3, -0.25) is 0 Å². The van der Waals surface area contributed by atoms with Crippen LogP contribution in [0.25, 0.3) is 0 Å². The Hall–Kier alpha value is -2.76. The lowest BCUT2D eigenvalue weighted by atomic mass is 9.97. The maximum Gasteiger partial charge on any atom is 0.163 e. The first-order chi connectivity index (χ1) is 16.6. The van der Waals surface area contributed by atoms with Gasteiger partial charge in [0.1, 0.15) is 0 Å². The molecule has 175 valence electrons. The zero-order chi connectivity index (χ0) is 24.1. The molecule has 0 fully saturated rings. The lowest BCUT2D eigenvalue weighted by molar-refractivity contribution is 0.661. The highest BCUT2D eigenvalue weighted by molar-refractivity contribution is 7.16. The molecule has 1 unspecified atom stereocenters. The number of hydrogen-bond donors (Lipinski definition) is 3. The van der Waals surface area contributed by atoms with Gasteiger partial charge in [0.2, 0.25) is 0 Å². The summed E-state index contributed by atoms with van der Waals surface area (Å²) >= 11 is 0. The van der Waals surface area contributed by atoms with Crippen LogP contribution in [0.2, 0.25) is 0 Å². The molecule has 34 heavy (non-hydrogen) atoms. The second kappa shape index (κ2) is 10.7. The lowest BCUT2D eigenvalue weighted by Gasteiger charge is -2.41. The highest BCUT2D eigenvalue weighted by Crippen LogP contribution is 2.37. The molecule has 1 atom stereocenters. The Morgan fingerprint density at radius 2 is 1.15 bits per heavy atom. The SMILES string of the molecule is CCC(C)C1=CC=C[C]1[Si](c1cccc(CN)c1)(c1cccc(CN)c1)c1cccc(CN)c1. The summed E-state index contributed by atoms with van der Waals surface area (Å²) in [5, 5.41) is 4.03. The molecule has 1 aliphatic carbocycles. The molecule has 3 aromatic rings. The Morgan fingerprint density at radius 3 is 1.53 bits per heavy atom. The van der Waals surface area contributed by atoms with Crippen molar-refractivity contribution in [2.45, 2.75) is 39.9 Å². The van der Waals surface area contributed by atoms with Crippen molar-refractivity contribution in [3.05, 3.63) is 119 Å². The van der Waals surface area contributed by atoms with Gasteiger partial charge >= 0.3 is 0 Å². The third-order valence-electron chi connectivity index (χ3n) is 7.18. The molecule has 0 amide bonds. The Bertz CT molecular complexity index is 1080. The van der Waals surface area contributed by atoms with E-state index in [0.717, 1.165) is 23.1 Å². The molecule has 0 bridgehead atoms. The summed E-state index contributed by atoms with van der Waals surface area (Å²) in [4.78, 5) is 0. The zero-order valence-corrected chi connectivity index (χ0v) is 21.3. The van der Waals surface area contributed by atoms with Gasteiger partial charge in [-0.15, -0.1) is 0 Å². The molecular formula is C30H36N3Si. The Labute approximate surface area is 205 Å². The van der Waals surface area contributed by atoms with E-state index < -0.39 is 8.07 Å². The number of nitrogens with two attached hydrogens (primary N) is 3. The predicted octanol–water partition coefficient (Wildman–Crippen LogP) is 3.19. The van der Waals surface area contributed by atoms with E-state index in [2.05, 4.69) is 105 Å². The van der Waals surface area contributed by atoms with Gasteiger partial charge in [0.25, 0.3) is 0 Å². The fraction of sp³-hybridized carbons (Fsp3) is 0.233. The fourth-order valence-electron chi connectivity index (χ4n) is 5.19. The molecule has 0 heterocycles. The van der Waals surface area contributed by atoms with Crippen molar-refractivity contribution >= 4 is 23.6 Å². The fourth-order valence-corrected chi connectivity index (χ4v) is 10.5. The van der Waals surface area contributed by atoms with E-state index in [1.807, 2.05) is 0 Å². The molecule has 1 radical (unpaired) electrons. The average molecular weight is 467 g/mol. The van der Waals surface area contributed by atoms with E-state index in [4.69, 9.17) is 17.2 Å². The van der Waals surface area contributed by atoms with Crippen LogP contribution in [0.15, 0.2) is 96.6 Å². The van der Waals surface area contributed by atoms with Gasteiger partial charge in [-0.05, 0) is 44.6 Å². The van der Waals surface area contributed by atoms with Crippen LogP contribution in [0, 0.1) is 11.5 Å². The van der Waals surface area contributed by atoms with Gasteiger partial charge in [-0.25, -0.2) is 0 Å². The molecule has 0 aromatic heterocycles. The number of allylic oxidation sites excluding steroid dienone is 4. The summed E-state index contributed by atoms with van der Waals surface area (Å²) in [5.74, 6) is 0.463. The van der Waals surface area contributed by atoms with Crippen molar-refractivity contribution in [1.82, 2.24) is 0 Å². The Kier molecular flexibility index (Phi) is 7.64. The molecule has 0 spiro atoms. The molecule has 0 aliphatic heterocycles. The van der Waals surface area contributed by atoms with Crippen molar-refractivity contribution in [2.24, 2.45) is 23.1 Å². The largest absolute Gasteiger partial charge is 0.326 e. The maximum atomic E-state index is 6.13. The van der Waals surface area contributed by atoms with E-state index in [1.165, 1.54) is 26.7 Å². The van der Waals surface area contributed by atoms with Crippen LogP contribution < -0.4 is 32.8 Å². The molecule has 1 aliphatic rings. The summed E-state index contributed by atoms with van der Waals surface area (Å²) in [6.07, 6.45) is 7.99. The van der Waals surface area contributed by atoms with E-state index in [9.17, 15) is 0 Å². The summed E-state index contributed by atoms with van der Waals surface area (Å²) in [6.45, 7) is 6.15. The second-order valence-corrected chi connectivity index (χ2v) is 12.9. The minimum absolute atomic E-state index is 0.463. The molecule has 6 N–H and O–H groups in total. The first-order valence-electron chi connectivity index (χ1n) is 12.2. The molecule has 3 nitrogen and oxygen atoms in total. The van der Waals surface area contributed by atoms with Crippen molar-refractivity contribution in [2.75, 3.05) is 0 Å². The van der Waals surface area contributed by atoms with Crippen LogP contribution in [0.3, 0.4) is 0 Å². The van der Waals surface area contributed by atoms with Crippen LogP contribution in [0.4, 0.5) is 0 Å².